The van der Waals surface area contributed by atoms with Crippen LogP contribution in [-0.4, -0.2) is 19.9 Å². The summed E-state index contributed by atoms with van der Waals surface area (Å²) in [6.07, 6.45) is 1.75. The number of aliphatic hydroxyl groups is 1. The summed E-state index contributed by atoms with van der Waals surface area (Å²) in [5.41, 5.74) is 2.47. The molecule has 5 heteroatoms. The highest BCUT2D eigenvalue weighted by atomic mass is 16.5. The molecule has 0 aliphatic carbocycles. The smallest absolute Gasteiger partial charge is 0.171 e. The van der Waals surface area contributed by atoms with E-state index in [1.165, 1.54) is 0 Å². The highest BCUT2D eigenvalue weighted by molar-refractivity contribution is 5.36. The normalized spacial score (nSPS) is 12.5. The average Bonchev–Trinajstić information content (AvgIpc) is 2.65. The van der Waals surface area contributed by atoms with Crippen molar-refractivity contribution in [1.29, 1.82) is 0 Å². The van der Waals surface area contributed by atoms with E-state index in [2.05, 4.69) is 10.1 Å². The fourth-order valence-electron chi connectivity index (χ4n) is 1.88. The molecule has 19 heavy (non-hydrogen) atoms. The zero-order chi connectivity index (χ0) is 14.0. The molecular formula is C14H19N3O2. The predicted molar refractivity (Wildman–Crippen MR) is 72.2 cm³/mol. The van der Waals surface area contributed by atoms with Crippen LogP contribution in [0.4, 0.5) is 0 Å². The van der Waals surface area contributed by atoms with Gasteiger partial charge in [0, 0.05) is 7.05 Å². The number of rotatable bonds is 4. The molecule has 1 unspecified atom stereocenters. The number of ether oxygens (including phenoxy) is 1. The number of nitrogens with zero attached hydrogens (tertiary/aromatic N) is 3. The van der Waals surface area contributed by atoms with Crippen molar-refractivity contribution in [2.75, 3.05) is 0 Å². The third-order valence-corrected chi connectivity index (χ3v) is 3.15. The van der Waals surface area contributed by atoms with E-state index in [0.717, 1.165) is 17.1 Å². The first-order valence-corrected chi connectivity index (χ1v) is 6.35. The van der Waals surface area contributed by atoms with Gasteiger partial charge in [-0.25, -0.2) is 0 Å². The number of pyridine rings is 1. The summed E-state index contributed by atoms with van der Waals surface area (Å²) in [5, 5.41) is 14.0. The molecule has 0 aliphatic heterocycles. The van der Waals surface area contributed by atoms with Crippen molar-refractivity contribution in [3.63, 3.8) is 0 Å². The molecule has 2 aromatic rings. The van der Waals surface area contributed by atoms with Crippen molar-refractivity contribution in [2.45, 2.75) is 33.3 Å². The number of hydrogen-bond acceptors (Lipinski definition) is 4. The molecule has 0 bridgehead atoms. The van der Waals surface area contributed by atoms with Gasteiger partial charge in [-0.05, 0) is 32.4 Å². The van der Waals surface area contributed by atoms with E-state index < -0.39 is 6.10 Å². The Hall–Kier alpha value is -1.88. The first-order valence-electron chi connectivity index (χ1n) is 6.35. The fraction of sp³-hybridized carbons (Fsp3) is 0.429. The van der Waals surface area contributed by atoms with Gasteiger partial charge < -0.3 is 9.84 Å². The van der Waals surface area contributed by atoms with Gasteiger partial charge in [0.25, 0.3) is 0 Å². The van der Waals surface area contributed by atoms with Crippen molar-refractivity contribution >= 4 is 0 Å². The number of hydrogen-bond donors (Lipinski definition) is 1. The quantitative estimate of drug-likeness (QED) is 0.919. The van der Waals surface area contributed by atoms with Crippen LogP contribution in [0.25, 0.3) is 0 Å². The molecule has 0 saturated heterocycles. The van der Waals surface area contributed by atoms with Crippen LogP contribution in [0.3, 0.4) is 0 Å². The largest absolute Gasteiger partial charge is 0.452 e. The molecule has 0 aromatic carbocycles. The molecule has 1 N–H and O–H groups in total. The summed E-state index contributed by atoms with van der Waals surface area (Å²) < 4.78 is 7.59. The van der Waals surface area contributed by atoms with Crippen molar-refractivity contribution in [1.82, 2.24) is 14.8 Å². The Labute approximate surface area is 112 Å². The molecule has 0 aliphatic rings. The summed E-state index contributed by atoms with van der Waals surface area (Å²) in [7, 11) is 1.88. The monoisotopic (exact) mass is 261 g/mol. The Kier molecular flexibility index (Phi) is 3.85. The predicted octanol–water partition coefficient (Wildman–Crippen LogP) is 2.67. The van der Waals surface area contributed by atoms with Crippen molar-refractivity contribution in [2.24, 2.45) is 7.05 Å². The Morgan fingerprint density at radius 3 is 2.58 bits per heavy atom. The van der Waals surface area contributed by atoms with Gasteiger partial charge in [-0.2, -0.15) is 5.10 Å². The van der Waals surface area contributed by atoms with E-state index in [1.807, 2.05) is 33.9 Å². The molecule has 5 nitrogen and oxygen atoms in total. The molecular weight excluding hydrogens is 242 g/mol. The molecule has 0 radical (unpaired) electrons. The van der Waals surface area contributed by atoms with Crippen LogP contribution in [0.2, 0.25) is 0 Å². The molecule has 0 amide bonds. The zero-order valence-electron chi connectivity index (χ0n) is 11.7. The molecule has 2 rings (SSSR count). The SMILES string of the molecule is CCC(O)c1ccc(Oc2c(C)nn(C)c2C)cn1. The summed E-state index contributed by atoms with van der Waals surface area (Å²) in [6.45, 7) is 5.78. The third-order valence-electron chi connectivity index (χ3n) is 3.15. The van der Waals surface area contributed by atoms with Crippen LogP contribution >= 0.6 is 0 Å². The lowest BCUT2D eigenvalue weighted by Crippen LogP contribution is -1.98. The van der Waals surface area contributed by atoms with Crippen LogP contribution in [-0.2, 0) is 7.05 Å². The first-order chi connectivity index (χ1) is 9.02. The first kappa shape index (κ1) is 13.5. The van der Waals surface area contributed by atoms with Crippen molar-refractivity contribution < 1.29 is 9.84 Å². The highest BCUT2D eigenvalue weighted by Crippen LogP contribution is 2.28. The van der Waals surface area contributed by atoms with Crippen molar-refractivity contribution in [3.05, 3.63) is 35.4 Å². The second-order valence-electron chi connectivity index (χ2n) is 4.57. The van der Waals surface area contributed by atoms with Crippen LogP contribution < -0.4 is 4.74 Å². The van der Waals surface area contributed by atoms with Gasteiger partial charge in [-0.3, -0.25) is 9.67 Å². The van der Waals surface area contributed by atoms with E-state index in [1.54, 1.807) is 16.9 Å². The Morgan fingerprint density at radius 1 is 1.37 bits per heavy atom. The lowest BCUT2D eigenvalue weighted by Gasteiger charge is -2.09. The second-order valence-corrected chi connectivity index (χ2v) is 4.57. The van der Waals surface area contributed by atoms with Gasteiger partial charge in [0.15, 0.2) is 5.75 Å². The zero-order valence-corrected chi connectivity index (χ0v) is 11.7. The maximum atomic E-state index is 9.68. The minimum absolute atomic E-state index is 0.518. The average molecular weight is 261 g/mol. The van der Waals surface area contributed by atoms with Gasteiger partial charge in [-0.15, -0.1) is 0 Å². The van der Waals surface area contributed by atoms with E-state index >= 15 is 0 Å². The van der Waals surface area contributed by atoms with E-state index in [9.17, 15) is 5.11 Å². The van der Waals surface area contributed by atoms with Crippen LogP contribution in [0.1, 0.15) is 36.5 Å². The number of aromatic nitrogens is 3. The lowest BCUT2D eigenvalue weighted by atomic mass is 10.2. The standard InChI is InChI=1S/C14H19N3O2/c1-5-13(18)12-7-6-11(8-15-12)19-14-9(2)16-17(4)10(14)3/h6-8,13,18H,5H2,1-4H3. The van der Waals surface area contributed by atoms with E-state index in [0.29, 0.717) is 17.9 Å². The van der Waals surface area contributed by atoms with Gasteiger partial charge in [0.05, 0.1) is 23.7 Å². The van der Waals surface area contributed by atoms with Crippen LogP contribution in [0, 0.1) is 13.8 Å². The van der Waals surface area contributed by atoms with E-state index in [-0.39, 0.29) is 0 Å². The van der Waals surface area contributed by atoms with Gasteiger partial charge >= 0.3 is 0 Å². The summed E-state index contributed by atoms with van der Waals surface area (Å²) in [6, 6.07) is 3.59. The van der Waals surface area contributed by atoms with Crippen LogP contribution in [0.15, 0.2) is 18.3 Å². The Morgan fingerprint density at radius 2 is 2.11 bits per heavy atom. The summed E-state index contributed by atoms with van der Waals surface area (Å²) in [5.74, 6) is 1.40. The molecule has 2 heterocycles. The Bertz CT molecular complexity index is 561. The highest BCUT2D eigenvalue weighted by Gasteiger charge is 2.12. The number of aryl methyl sites for hydroxylation is 2. The van der Waals surface area contributed by atoms with Gasteiger partial charge in [0.2, 0.25) is 0 Å². The lowest BCUT2D eigenvalue weighted by molar-refractivity contribution is 0.169. The van der Waals surface area contributed by atoms with Gasteiger partial charge in [-0.1, -0.05) is 6.92 Å². The molecule has 2 aromatic heterocycles. The third kappa shape index (κ3) is 2.76. The van der Waals surface area contributed by atoms with Gasteiger partial charge in [0.1, 0.15) is 11.4 Å². The van der Waals surface area contributed by atoms with Crippen LogP contribution in [0.5, 0.6) is 11.5 Å². The molecule has 0 spiro atoms. The van der Waals surface area contributed by atoms with E-state index in [4.69, 9.17) is 4.74 Å². The molecule has 0 fully saturated rings. The van der Waals surface area contributed by atoms with Crippen molar-refractivity contribution in [3.8, 4) is 11.5 Å². The number of aliphatic hydroxyl groups excluding tert-OH is 1. The fourth-order valence-corrected chi connectivity index (χ4v) is 1.88. The second kappa shape index (κ2) is 5.40. The summed E-state index contributed by atoms with van der Waals surface area (Å²) in [4.78, 5) is 4.21. The minimum atomic E-state index is -0.518. The molecule has 1 atom stereocenters. The molecule has 0 saturated carbocycles. The minimum Gasteiger partial charge on any atom is -0.452 e. The maximum absolute atomic E-state index is 9.68. The molecule has 102 valence electrons. The topological polar surface area (TPSA) is 60.2 Å². The summed E-state index contributed by atoms with van der Waals surface area (Å²) >= 11 is 0. The maximum Gasteiger partial charge on any atom is 0.171 e. The Balaban J connectivity index is 2.20.